The summed E-state index contributed by atoms with van der Waals surface area (Å²) in [4.78, 5) is 14.5. The smallest absolute Gasteiger partial charge is 0.223 e. The van der Waals surface area contributed by atoms with E-state index in [1.54, 1.807) is 12.1 Å². The van der Waals surface area contributed by atoms with Crippen molar-refractivity contribution in [2.24, 2.45) is 11.8 Å². The summed E-state index contributed by atoms with van der Waals surface area (Å²) in [6.07, 6.45) is 3.68. The molecule has 108 valence electrons. The second-order valence-corrected chi connectivity index (χ2v) is 6.92. The lowest BCUT2D eigenvalue weighted by Crippen LogP contribution is -2.46. The van der Waals surface area contributed by atoms with Crippen LogP contribution < -0.4 is 0 Å². The lowest BCUT2D eigenvalue weighted by atomic mass is 9.75. The molecule has 1 aromatic rings. The van der Waals surface area contributed by atoms with Crippen LogP contribution in [-0.4, -0.2) is 22.9 Å². The van der Waals surface area contributed by atoms with Crippen molar-refractivity contribution in [2.45, 2.75) is 45.1 Å². The maximum atomic E-state index is 13.2. The van der Waals surface area contributed by atoms with Crippen molar-refractivity contribution in [2.75, 3.05) is 6.54 Å². The van der Waals surface area contributed by atoms with Gasteiger partial charge in [-0.15, -0.1) is 0 Å². The Balaban J connectivity index is 1.56. The Morgan fingerprint density at radius 3 is 2.85 bits per heavy atom. The number of halogens is 1. The Bertz CT molecular complexity index is 521. The molecule has 0 aromatic heterocycles. The Hall–Kier alpha value is -1.38. The number of hydrogen-bond donors (Lipinski definition) is 0. The summed E-state index contributed by atoms with van der Waals surface area (Å²) < 4.78 is 13.2. The summed E-state index contributed by atoms with van der Waals surface area (Å²) in [5.41, 5.74) is 1.11. The molecule has 0 radical (unpaired) electrons. The highest BCUT2D eigenvalue weighted by atomic mass is 19.1. The predicted molar refractivity (Wildman–Crippen MR) is 76.7 cm³/mol. The average Bonchev–Trinajstić information content (AvgIpc) is 2.81. The number of hydrogen-bond acceptors (Lipinski definition) is 1. The van der Waals surface area contributed by atoms with Gasteiger partial charge in [0.25, 0.3) is 0 Å². The summed E-state index contributed by atoms with van der Waals surface area (Å²) in [6.45, 7) is 5.22. The van der Waals surface area contributed by atoms with Crippen molar-refractivity contribution in [3.8, 4) is 0 Å². The number of amides is 1. The van der Waals surface area contributed by atoms with E-state index < -0.39 is 0 Å². The van der Waals surface area contributed by atoms with Crippen LogP contribution in [0.1, 0.15) is 38.7 Å². The predicted octanol–water partition coefficient (Wildman–Crippen LogP) is 3.41. The van der Waals surface area contributed by atoms with Crippen molar-refractivity contribution >= 4 is 5.91 Å². The van der Waals surface area contributed by atoms with Crippen LogP contribution in [0.2, 0.25) is 0 Å². The number of fused-ring (bicyclic) bond motifs is 1. The first-order valence-electron chi connectivity index (χ1n) is 7.51. The quantitative estimate of drug-likeness (QED) is 0.824. The van der Waals surface area contributed by atoms with Crippen LogP contribution in [0.3, 0.4) is 0 Å². The largest absolute Gasteiger partial charge is 0.337 e. The molecule has 4 rings (SSSR count). The van der Waals surface area contributed by atoms with E-state index in [-0.39, 0.29) is 23.2 Å². The van der Waals surface area contributed by atoms with Crippen LogP contribution in [0.25, 0.3) is 0 Å². The van der Waals surface area contributed by atoms with E-state index in [1.165, 1.54) is 18.9 Å². The van der Waals surface area contributed by atoms with Crippen molar-refractivity contribution in [1.29, 1.82) is 0 Å². The topological polar surface area (TPSA) is 20.3 Å². The number of carbonyl (C=O) groups excluding carboxylic acids is 1. The first-order chi connectivity index (χ1) is 9.46. The summed E-state index contributed by atoms with van der Waals surface area (Å²) in [6, 6.07) is 6.68. The molecule has 3 aliphatic rings. The van der Waals surface area contributed by atoms with E-state index in [4.69, 9.17) is 0 Å². The molecule has 1 amide bonds. The van der Waals surface area contributed by atoms with Crippen LogP contribution in [0.5, 0.6) is 0 Å². The fourth-order valence-electron chi connectivity index (χ4n) is 3.96. The second-order valence-electron chi connectivity index (χ2n) is 6.92. The molecule has 1 unspecified atom stereocenters. The Morgan fingerprint density at radius 2 is 2.25 bits per heavy atom. The molecule has 2 heterocycles. The molecule has 2 bridgehead atoms. The molecule has 1 aromatic carbocycles. The Kier molecular flexibility index (Phi) is 3.31. The minimum absolute atomic E-state index is 0.139. The molecule has 1 aliphatic carbocycles. The first-order valence-corrected chi connectivity index (χ1v) is 7.51. The number of carbonyl (C=O) groups is 1. The van der Waals surface area contributed by atoms with E-state index in [0.29, 0.717) is 6.42 Å². The Morgan fingerprint density at radius 1 is 1.50 bits per heavy atom. The Labute approximate surface area is 120 Å². The van der Waals surface area contributed by atoms with E-state index in [9.17, 15) is 9.18 Å². The van der Waals surface area contributed by atoms with Gasteiger partial charge in [0.15, 0.2) is 0 Å². The highest BCUT2D eigenvalue weighted by Crippen LogP contribution is 2.50. The van der Waals surface area contributed by atoms with Crippen LogP contribution in [-0.2, 0) is 11.2 Å². The normalized spacial score (nSPS) is 29.1. The molecule has 20 heavy (non-hydrogen) atoms. The molecule has 2 saturated heterocycles. The molecular formula is C17H22FNO. The second kappa shape index (κ2) is 4.87. The van der Waals surface area contributed by atoms with Gasteiger partial charge in [0.05, 0.1) is 0 Å². The van der Waals surface area contributed by atoms with Gasteiger partial charge in [0.1, 0.15) is 5.82 Å². The fraction of sp³-hybridized carbons (Fsp3) is 0.588. The minimum atomic E-state index is -0.200. The zero-order valence-corrected chi connectivity index (χ0v) is 12.2. The maximum Gasteiger partial charge on any atom is 0.223 e. The fourth-order valence-corrected chi connectivity index (χ4v) is 3.96. The minimum Gasteiger partial charge on any atom is -0.337 e. The van der Waals surface area contributed by atoms with Gasteiger partial charge < -0.3 is 4.90 Å². The van der Waals surface area contributed by atoms with E-state index in [0.717, 1.165) is 24.4 Å². The summed E-state index contributed by atoms with van der Waals surface area (Å²) in [7, 11) is 0. The third kappa shape index (κ3) is 2.46. The lowest BCUT2D eigenvalue weighted by molar-refractivity contribution is -0.135. The van der Waals surface area contributed by atoms with E-state index in [2.05, 4.69) is 18.7 Å². The third-order valence-corrected chi connectivity index (χ3v) is 4.85. The van der Waals surface area contributed by atoms with Crippen molar-refractivity contribution in [3.63, 3.8) is 0 Å². The van der Waals surface area contributed by atoms with Crippen LogP contribution in [0.4, 0.5) is 4.39 Å². The zero-order chi connectivity index (χ0) is 14.3. The highest BCUT2D eigenvalue weighted by Gasteiger charge is 2.54. The highest BCUT2D eigenvalue weighted by molar-refractivity contribution is 5.78. The van der Waals surface area contributed by atoms with Crippen molar-refractivity contribution in [3.05, 3.63) is 35.6 Å². The van der Waals surface area contributed by atoms with Gasteiger partial charge in [-0.25, -0.2) is 4.39 Å². The molecule has 2 nitrogen and oxygen atoms in total. The van der Waals surface area contributed by atoms with Crippen LogP contribution in [0, 0.1) is 17.7 Å². The zero-order valence-electron chi connectivity index (χ0n) is 12.2. The molecule has 0 spiro atoms. The molecular weight excluding hydrogens is 253 g/mol. The van der Waals surface area contributed by atoms with Gasteiger partial charge in [0.2, 0.25) is 5.91 Å². The van der Waals surface area contributed by atoms with Gasteiger partial charge in [-0.3, -0.25) is 4.79 Å². The molecule has 1 atom stereocenters. The molecule has 3 heteroatoms. The monoisotopic (exact) mass is 275 g/mol. The van der Waals surface area contributed by atoms with Crippen LogP contribution >= 0.6 is 0 Å². The number of rotatable bonds is 4. The van der Waals surface area contributed by atoms with Crippen molar-refractivity contribution in [1.82, 2.24) is 4.90 Å². The number of benzene rings is 1. The number of nitrogens with zero attached hydrogens (tertiary/aromatic N) is 1. The van der Waals surface area contributed by atoms with Gasteiger partial charge in [-0.05, 0) is 55.7 Å². The molecule has 1 saturated carbocycles. The average molecular weight is 275 g/mol. The van der Waals surface area contributed by atoms with E-state index >= 15 is 0 Å². The van der Waals surface area contributed by atoms with Gasteiger partial charge in [-0.2, -0.15) is 0 Å². The van der Waals surface area contributed by atoms with Crippen LogP contribution in [0.15, 0.2) is 24.3 Å². The summed E-state index contributed by atoms with van der Waals surface area (Å²) in [5.74, 6) is 1.07. The van der Waals surface area contributed by atoms with Gasteiger partial charge in [0, 0.05) is 18.5 Å². The van der Waals surface area contributed by atoms with E-state index in [1.807, 2.05) is 6.07 Å². The standard InChI is InChI=1S/C17H22FNO/c1-12(6-13-4-3-5-15(18)8-13)7-16(20)19-11-14-9-17(19,2)10-14/h3-5,8,12,14H,6-7,9-11H2,1-2H3. The third-order valence-electron chi connectivity index (χ3n) is 4.85. The molecule has 0 N–H and O–H groups in total. The summed E-state index contributed by atoms with van der Waals surface area (Å²) in [5, 5.41) is 0. The SMILES string of the molecule is CC(CC(=O)N1CC2CC1(C)C2)Cc1cccc(F)c1. The molecule has 2 aliphatic heterocycles. The lowest BCUT2D eigenvalue weighted by Gasteiger charge is -2.39. The van der Waals surface area contributed by atoms with Gasteiger partial charge >= 0.3 is 0 Å². The van der Waals surface area contributed by atoms with Gasteiger partial charge in [-0.1, -0.05) is 19.1 Å². The molecule has 3 fully saturated rings. The summed E-state index contributed by atoms with van der Waals surface area (Å²) >= 11 is 0. The van der Waals surface area contributed by atoms with Crippen molar-refractivity contribution < 1.29 is 9.18 Å². The first kappa shape index (κ1) is 13.6. The maximum absolute atomic E-state index is 13.2.